The molecule has 0 saturated carbocycles. The molecule has 0 saturated heterocycles. The van der Waals surface area contributed by atoms with Crippen LogP contribution >= 0.6 is 18.2 Å². The highest BCUT2D eigenvalue weighted by molar-refractivity contribution is 7.81. The van der Waals surface area contributed by atoms with E-state index in [0.717, 1.165) is 19.3 Å². The van der Waals surface area contributed by atoms with Gasteiger partial charge in [0.05, 0.1) is 13.2 Å². The summed E-state index contributed by atoms with van der Waals surface area (Å²) in [6, 6.07) is 0. The summed E-state index contributed by atoms with van der Waals surface area (Å²) in [5.74, 6) is 0. The molecule has 0 aromatic carbocycles. The molecule has 0 bridgehead atoms. The smallest absolute Gasteiger partial charge is 0.297 e. The van der Waals surface area contributed by atoms with Gasteiger partial charge in [0.25, 0.3) is 0 Å². The molecule has 1 atom stereocenters. The lowest BCUT2D eigenvalue weighted by Crippen LogP contribution is -1.94. The Bertz CT molecular complexity index is 249. The minimum atomic E-state index is -3.31. The van der Waals surface area contributed by atoms with E-state index in [1.54, 1.807) is 0 Å². The van der Waals surface area contributed by atoms with Crippen molar-refractivity contribution in [3.05, 3.63) is 0 Å². The van der Waals surface area contributed by atoms with Crippen LogP contribution in [0.2, 0.25) is 0 Å². The summed E-state index contributed by atoms with van der Waals surface area (Å²) in [5.41, 5.74) is 0. The van der Waals surface area contributed by atoms with Gasteiger partial charge in [-0.25, -0.2) is 4.57 Å². The van der Waals surface area contributed by atoms with E-state index in [1.807, 2.05) is 6.92 Å². The molecule has 0 aromatic rings. The van der Waals surface area contributed by atoms with Gasteiger partial charge in [-0.1, -0.05) is 71.6 Å². The Hall–Kier alpha value is 0.440. The molecule has 122 valence electrons. The van der Waals surface area contributed by atoms with Crippen molar-refractivity contribution in [1.82, 2.24) is 0 Å². The lowest BCUT2D eigenvalue weighted by atomic mass is 10.1. The zero-order valence-corrected chi connectivity index (χ0v) is 14.9. The predicted octanol–water partition coefficient (Wildman–Crippen LogP) is 6.70. The monoisotopic (exact) mass is 326 g/mol. The van der Waals surface area contributed by atoms with E-state index in [0.29, 0.717) is 13.2 Å². The van der Waals surface area contributed by atoms with Gasteiger partial charge in [0.15, 0.2) is 0 Å². The zero-order valence-electron chi connectivity index (χ0n) is 13.2. The van der Waals surface area contributed by atoms with Gasteiger partial charge >= 0.3 is 6.95 Å². The van der Waals surface area contributed by atoms with Crippen LogP contribution in [0.15, 0.2) is 0 Å². The maximum atomic E-state index is 11.6. The number of hydrogen-bond acceptors (Lipinski definition) is 3. The fraction of sp³-hybridized carbons (Fsp3) is 1.00. The topological polar surface area (TPSA) is 35.5 Å². The highest BCUT2D eigenvalue weighted by Crippen LogP contribution is 2.53. The van der Waals surface area contributed by atoms with E-state index in [-0.39, 0.29) is 0 Å². The lowest BCUT2D eigenvalue weighted by molar-refractivity contribution is 0.215. The van der Waals surface area contributed by atoms with Crippen molar-refractivity contribution < 1.29 is 13.6 Å². The van der Waals surface area contributed by atoms with Crippen molar-refractivity contribution in [2.75, 3.05) is 13.2 Å². The van der Waals surface area contributed by atoms with Crippen molar-refractivity contribution >= 4 is 18.2 Å². The standard InChI is InChI=1S/C15H32ClO3P/c1-3-5-6-7-8-9-10-11-12-13-15-19-20(16,17)18-14-4-2/h3-15H2,1-2H3. The Morgan fingerprint density at radius 3 is 1.65 bits per heavy atom. The first-order valence-corrected chi connectivity index (χ1v) is 10.7. The van der Waals surface area contributed by atoms with Gasteiger partial charge in [0, 0.05) is 11.2 Å². The highest BCUT2D eigenvalue weighted by atomic mass is 35.7. The summed E-state index contributed by atoms with van der Waals surface area (Å²) < 4.78 is 21.6. The van der Waals surface area contributed by atoms with Crippen LogP contribution < -0.4 is 0 Å². The molecule has 3 nitrogen and oxygen atoms in total. The van der Waals surface area contributed by atoms with Gasteiger partial charge in [-0.2, -0.15) is 0 Å². The van der Waals surface area contributed by atoms with Crippen LogP contribution in [-0.4, -0.2) is 13.2 Å². The van der Waals surface area contributed by atoms with Crippen LogP contribution in [0.25, 0.3) is 0 Å². The fourth-order valence-corrected chi connectivity index (χ4v) is 3.24. The van der Waals surface area contributed by atoms with Crippen LogP contribution in [0.5, 0.6) is 0 Å². The molecule has 0 N–H and O–H groups in total. The molecule has 0 aromatic heterocycles. The van der Waals surface area contributed by atoms with E-state index in [2.05, 4.69) is 6.92 Å². The third-order valence-electron chi connectivity index (χ3n) is 3.19. The van der Waals surface area contributed by atoms with Crippen LogP contribution in [0.3, 0.4) is 0 Å². The molecule has 0 heterocycles. The molecule has 0 aliphatic heterocycles. The summed E-state index contributed by atoms with van der Waals surface area (Å²) in [5, 5.41) is 0. The largest absolute Gasteiger partial charge is 0.424 e. The Morgan fingerprint density at radius 2 is 1.15 bits per heavy atom. The molecule has 0 aliphatic rings. The van der Waals surface area contributed by atoms with E-state index in [9.17, 15) is 4.57 Å². The van der Waals surface area contributed by atoms with Gasteiger partial charge in [-0.05, 0) is 12.8 Å². The highest BCUT2D eigenvalue weighted by Gasteiger charge is 2.19. The SMILES string of the molecule is CCCCCCCCCCCCOP(=O)(Cl)OCCC. The average molecular weight is 327 g/mol. The van der Waals surface area contributed by atoms with Crippen LogP contribution in [0, 0.1) is 0 Å². The molecule has 0 aliphatic carbocycles. The van der Waals surface area contributed by atoms with Crippen molar-refractivity contribution in [2.45, 2.75) is 84.5 Å². The lowest BCUT2D eigenvalue weighted by Gasteiger charge is -2.10. The number of rotatable bonds is 15. The first-order chi connectivity index (χ1) is 9.62. The van der Waals surface area contributed by atoms with Gasteiger partial charge in [-0.15, -0.1) is 0 Å². The molecule has 20 heavy (non-hydrogen) atoms. The normalized spacial score (nSPS) is 14.3. The Morgan fingerprint density at radius 1 is 0.700 bits per heavy atom. The van der Waals surface area contributed by atoms with E-state index in [1.165, 1.54) is 51.4 Å². The number of hydrogen-bond donors (Lipinski definition) is 0. The first-order valence-electron chi connectivity index (χ1n) is 8.21. The average Bonchev–Trinajstić information content (AvgIpc) is 2.42. The van der Waals surface area contributed by atoms with Gasteiger partial charge in [0.1, 0.15) is 0 Å². The summed E-state index contributed by atoms with van der Waals surface area (Å²) in [4.78, 5) is 0. The molecule has 0 radical (unpaired) electrons. The summed E-state index contributed by atoms with van der Waals surface area (Å²) in [6.45, 7) is 1.69. The van der Waals surface area contributed by atoms with E-state index < -0.39 is 6.95 Å². The van der Waals surface area contributed by atoms with Gasteiger partial charge in [0.2, 0.25) is 0 Å². The summed E-state index contributed by atoms with van der Waals surface area (Å²) >= 11 is 5.65. The van der Waals surface area contributed by atoms with E-state index in [4.69, 9.17) is 20.3 Å². The van der Waals surface area contributed by atoms with Crippen LogP contribution in [-0.2, 0) is 13.6 Å². The molecule has 0 spiro atoms. The second-order valence-corrected chi connectivity index (χ2v) is 7.90. The maximum Gasteiger partial charge on any atom is 0.424 e. The molecule has 5 heteroatoms. The molecule has 1 unspecified atom stereocenters. The first kappa shape index (κ1) is 20.4. The number of unbranched alkanes of at least 4 members (excludes halogenated alkanes) is 9. The molecule has 0 fully saturated rings. The van der Waals surface area contributed by atoms with Crippen LogP contribution in [0.4, 0.5) is 0 Å². The van der Waals surface area contributed by atoms with Gasteiger partial charge < -0.3 is 0 Å². The summed E-state index contributed by atoms with van der Waals surface area (Å²) in [7, 11) is 0. The fourth-order valence-electron chi connectivity index (χ4n) is 2.00. The Labute approximate surface area is 130 Å². The van der Waals surface area contributed by atoms with Crippen molar-refractivity contribution in [1.29, 1.82) is 0 Å². The Kier molecular flexibility index (Phi) is 14.7. The van der Waals surface area contributed by atoms with Gasteiger partial charge in [-0.3, -0.25) is 9.05 Å². The summed E-state index contributed by atoms with van der Waals surface area (Å²) in [6.07, 6.45) is 13.4. The minimum Gasteiger partial charge on any atom is -0.297 e. The van der Waals surface area contributed by atoms with Crippen molar-refractivity contribution in [3.8, 4) is 0 Å². The van der Waals surface area contributed by atoms with Crippen molar-refractivity contribution in [3.63, 3.8) is 0 Å². The second kappa shape index (κ2) is 14.4. The molecule has 0 amide bonds. The predicted molar refractivity (Wildman–Crippen MR) is 87.5 cm³/mol. The zero-order chi connectivity index (χ0) is 15.1. The molecule has 0 rings (SSSR count). The second-order valence-electron chi connectivity index (χ2n) is 5.28. The number of halogens is 1. The van der Waals surface area contributed by atoms with E-state index >= 15 is 0 Å². The minimum absolute atomic E-state index is 0.388. The van der Waals surface area contributed by atoms with Crippen molar-refractivity contribution in [2.24, 2.45) is 0 Å². The Balaban J connectivity index is 3.22. The third kappa shape index (κ3) is 14.8. The third-order valence-corrected chi connectivity index (χ3v) is 4.76. The molecular formula is C15H32ClO3P. The maximum absolute atomic E-state index is 11.6. The van der Waals surface area contributed by atoms with Crippen LogP contribution in [0.1, 0.15) is 84.5 Å². The quantitative estimate of drug-likeness (QED) is 0.248. The molecular weight excluding hydrogens is 295 g/mol.